The molecule has 0 amide bonds. The van der Waals surface area contributed by atoms with E-state index in [2.05, 4.69) is 76.1 Å². The van der Waals surface area contributed by atoms with Crippen molar-refractivity contribution < 1.29 is 4.89 Å². The smallest absolute Gasteiger partial charge is 0.134 e. The van der Waals surface area contributed by atoms with Crippen molar-refractivity contribution >= 4 is 13.9 Å². The molecule has 0 aromatic heterocycles. The first-order chi connectivity index (χ1) is 15.7. The van der Waals surface area contributed by atoms with E-state index in [-0.39, 0.29) is 0 Å². The van der Waals surface area contributed by atoms with E-state index in [0.717, 1.165) is 31.5 Å². The highest BCUT2D eigenvalue weighted by atomic mass is 31.2. The highest BCUT2D eigenvalue weighted by Crippen LogP contribution is 2.68. The molecule has 0 spiro atoms. The zero-order valence-electron chi connectivity index (χ0n) is 18.5. The number of hydrogen-bond donors (Lipinski definition) is 0. The first kappa shape index (κ1) is 21.6. The molecule has 0 N–H and O–H groups in total. The molecular weight excluding hydrogens is 411 g/mol. The van der Waals surface area contributed by atoms with Gasteiger partial charge in [-0.3, -0.25) is 0 Å². The molecule has 3 nitrogen and oxygen atoms in total. The highest BCUT2D eigenvalue weighted by Gasteiger charge is 2.57. The predicted molar refractivity (Wildman–Crippen MR) is 132 cm³/mol. The molecule has 4 heteroatoms. The van der Waals surface area contributed by atoms with Gasteiger partial charge in [-0.1, -0.05) is 104 Å². The fourth-order valence-corrected chi connectivity index (χ4v) is 8.38. The lowest BCUT2D eigenvalue weighted by Crippen LogP contribution is -2.39. The molecular formula is C28H31N2OP. The van der Waals surface area contributed by atoms with E-state index < -0.39 is 7.79 Å². The van der Waals surface area contributed by atoms with Crippen LogP contribution >= 0.6 is 7.79 Å². The van der Waals surface area contributed by atoms with Crippen LogP contribution in [-0.2, 0) is 13.1 Å². The van der Waals surface area contributed by atoms with Gasteiger partial charge in [0.2, 0.25) is 0 Å². The minimum Gasteiger partial charge on any atom is -0.647 e. The van der Waals surface area contributed by atoms with Crippen LogP contribution in [0.5, 0.6) is 0 Å². The van der Waals surface area contributed by atoms with Gasteiger partial charge in [-0.05, 0) is 35.6 Å². The molecule has 3 aromatic carbocycles. The van der Waals surface area contributed by atoms with E-state index in [1.165, 1.54) is 24.0 Å². The molecule has 0 unspecified atom stereocenters. The number of fused-ring (bicyclic) bond motifs is 1. The van der Waals surface area contributed by atoms with Crippen LogP contribution in [0.3, 0.4) is 0 Å². The van der Waals surface area contributed by atoms with Gasteiger partial charge in [0.05, 0.1) is 31.0 Å². The Bertz CT molecular complexity index is 968. The first-order valence-corrected chi connectivity index (χ1v) is 13.4. The van der Waals surface area contributed by atoms with Gasteiger partial charge < -0.3 is 4.89 Å². The number of benzene rings is 3. The Morgan fingerprint density at radius 1 is 0.688 bits per heavy atom. The van der Waals surface area contributed by atoms with Gasteiger partial charge in [0.1, 0.15) is 7.79 Å². The van der Waals surface area contributed by atoms with Crippen molar-refractivity contribution in [2.24, 2.45) is 0 Å². The van der Waals surface area contributed by atoms with Gasteiger partial charge in [0, 0.05) is 0 Å². The topological polar surface area (TPSA) is 29.5 Å². The fourth-order valence-electron chi connectivity index (χ4n) is 5.26. The number of rotatable bonds is 6. The molecule has 3 aromatic rings. The Hall–Kier alpha value is -2.29. The lowest BCUT2D eigenvalue weighted by Gasteiger charge is -2.38. The van der Waals surface area contributed by atoms with Crippen molar-refractivity contribution in [2.75, 3.05) is 0 Å². The zero-order chi connectivity index (χ0) is 21.8. The Morgan fingerprint density at radius 2 is 1.12 bits per heavy atom. The van der Waals surface area contributed by atoms with Crippen molar-refractivity contribution in [1.29, 1.82) is 0 Å². The average Bonchev–Trinajstić information content (AvgIpc) is 3.08. The molecule has 1 heterocycles. The molecule has 32 heavy (non-hydrogen) atoms. The molecule has 5 rings (SSSR count). The first-order valence-electron chi connectivity index (χ1n) is 11.7. The summed E-state index contributed by atoms with van der Waals surface area (Å²) >= 11 is 0. The summed E-state index contributed by atoms with van der Waals surface area (Å²) in [5, 5.41) is 0. The second kappa shape index (κ2) is 9.68. The van der Waals surface area contributed by atoms with Crippen molar-refractivity contribution in [3.63, 3.8) is 0 Å². The number of nitrogens with zero attached hydrogens (tertiary/aromatic N) is 2. The SMILES string of the molecule is [O-][P+]1(/C=C/c2ccccc2)N(Cc2ccccc2)[C@@H]2CCCC[C@H]2N1Cc1ccccc1. The Kier molecular flexibility index (Phi) is 6.52. The quantitative estimate of drug-likeness (QED) is 0.432. The van der Waals surface area contributed by atoms with Crippen LogP contribution in [0, 0.1) is 0 Å². The highest BCUT2D eigenvalue weighted by molar-refractivity contribution is 7.67. The Balaban J connectivity index is 1.55. The zero-order valence-corrected chi connectivity index (χ0v) is 19.4. The monoisotopic (exact) mass is 442 g/mol. The van der Waals surface area contributed by atoms with Crippen LogP contribution in [0.1, 0.15) is 42.4 Å². The lowest BCUT2D eigenvalue weighted by atomic mass is 9.90. The third-order valence-corrected chi connectivity index (χ3v) is 9.72. The minimum absolute atomic E-state index is 0.332. The van der Waals surface area contributed by atoms with Gasteiger partial charge in [-0.15, -0.1) is 0 Å². The van der Waals surface area contributed by atoms with Crippen LogP contribution in [0.15, 0.2) is 96.8 Å². The van der Waals surface area contributed by atoms with Crippen molar-refractivity contribution in [2.45, 2.75) is 50.9 Å². The summed E-state index contributed by atoms with van der Waals surface area (Å²) in [6.07, 6.45) is 6.73. The van der Waals surface area contributed by atoms with E-state index in [9.17, 15) is 4.89 Å². The van der Waals surface area contributed by atoms with Gasteiger partial charge in [0.15, 0.2) is 0 Å². The van der Waals surface area contributed by atoms with E-state index in [1.54, 1.807) is 0 Å². The lowest BCUT2D eigenvalue weighted by molar-refractivity contribution is -0.188. The molecule has 0 bridgehead atoms. The molecule has 1 saturated carbocycles. The summed E-state index contributed by atoms with van der Waals surface area (Å²) in [5.41, 5.74) is 3.55. The normalized spacial score (nSPS) is 23.4. The molecule has 164 valence electrons. The molecule has 1 saturated heterocycles. The van der Waals surface area contributed by atoms with Crippen molar-refractivity contribution in [3.05, 3.63) is 114 Å². The molecule has 2 atom stereocenters. The Morgan fingerprint density at radius 3 is 1.59 bits per heavy atom. The van der Waals surface area contributed by atoms with E-state index in [1.807, 2.05) is 36.1 Å². The van der Waals surface area contributed by atoms with Crippen LogP contribution in [-0.4, -0.2) is 21.4 Å². The van der Waals surface area contributed by atoms with Gasteiger partial charge in [-0.2, -0.15) is 9.34 Å². The molecule has 2 fully saturated rings. The van der Waals surface area contributed by atoms with Crippen molar-refractivity contribution in [3.8, 4) is 0 Å². The van der Waals surface area contributed by atoms with E-state index >= 15 is 0 Å². The van der Waals surface area contributed by atoms with Crippen molar-refractivity contribution in [1.82, 2.24) is 9.34 Å². The fraction of sp³-hybridized carbons (Fsp3) is 0.286. The van der Waals surface area contributed by atoms with Gasteiger partial charge in [-0.25, -0.2) is 0 Å². The maximum absolute atomic E-state index is 15.0. The third kappa shape index (κ3) is 4.44. The maximum Gasteiger partial charge on any atom is 0.134 e. The van der Waals surface area contributed by atoms with E-state index in [0.29, 0.717) is 12.1 Å². The summed E-state index contributed by atoms with van der Waals surface area (Å²) in [6.45, 7) is 1.45. The summed E-state index contributed by atoms with van der Waals surface area (Å²) in [5.74, 6) is 2.02. The minimum atomic E-state index is -2.91. The largest absolute Gasteiger partial charge is 0.647 e. The van der Waals surface area contributed by atoms with Crippen LogP contribution < -0.4 is 4.89 Å². The van der Waals surface area contributed by atoms with Gasteiger partial charge >= 0.3 is 0 Å². The van der Waals surface area contributed by atoms with Gasteiger partial charge in [0.25, 0.3) is 0 Å². The van der Waals surface area contributed by atoms with Crippen LogP contribution in [0.25, 0.3) is 6.08 Å². The summed E-state index contributed by atoms with van der Waals surface area (Å²) in [6, 6.07) is 32.0. The Labute approximate surface area is 192 Å². The second-order valence-corrected chi connectivity index (χ2v) is 11.4. The number of hydrogen-bond acceptors (Lipinski definition) is 3. The molecule has 2 aliphatic rings. The summed E-state index contributed by atoms with van der Waals surface area (Å²) in [4.78, 5) is 15.0. The summed E-state index contributed by atoms with van der Waals surface area (Å²) < 4.78 is 4.68. The van der Waals surface area contributed by atoms with Crippen LogP contribution in [0.4, 0.5) is 0 Å². The predicted octanol–water partition coefficient (Wildman–Crippen LogP) is 6.11. The van der Waals surface area contributed by atoms with Crippen LogP contribution in [0.2, 0.25) is 0 Å². The maximum atomic E-state index is 15.0. The summed E-state index contributed by atoms with van der Waals surface area (Å²) in [7, 11) is -2.91. The molecule has 1 aliphatic carbocycles. The molecule has 1 aliphatic heterocycles. The van der Waals surface area contributed by atoms with E-state index in [4.69, 9.17) is 0 Å². The molecule has 0 radical (unpaired) electrons. The second-order valence-electron chi connectivity index (χ2n) is 8.90. The standard InChI is InChI=1S/C28H31N2OP/c31-32(21-20-24-12-4-1-5-13-24)29(22-25-14-6-2-7-15-25)27-18-10-11-19-28(27)30(32)23-26-16-8-3-9-17-26/h1-9,12-17,20-21,27-28H,10-11,18-19,22-23H2/b21-20+/t27-,28-/m1/s1. The third-order valence-electron chi connectivity index (χ3n) is 6.83. The average molecular weight is 443 g/mol.